The number of hydrogen-bond acceptors (Lipinski definition) is 2. The highest BCUT2D eigenvalue weighted by Crippen LogP contribution is 2.39. The van der Waals surface area contributed by atoms with E-state index in [4.69, 9.17) is 0 Å². The van der Waals surface area contributed by atoms with E-state index in [0.717, 1.165) is 6.42 Å². The van der Waals surface area contributed by atoms with Gasteiger partial charge in [-0.1, -0.05) is 13.8 Å². The van der Waals surface area contributed by atoms with Crippen LogP contribution in [0.15, 0.2) is 0 Å². The Balaban J connectivity index is 2.99. The summed E-state index contributed by atoms with van der Waals surface area (Å²) in [6.45, 7) is 5.63. The lowest BCUT2D eigenvalue weighted by atomic mass is 9.70. The van der Waals surface area contributed by atoms with Gasteiger partial charge in [0.1, 0.15) is 5.54 Å². The molecule has 16 heavy (non-hydrogen) atoms. The first kappa shape index (κ1) is 13.0. The molecule has 1 aliphatic rings. The van der Waals surface area contributed by atoms with E-state index in [0.29, 0.717) is 24.7 Å². The highest BCUT2D eigenvalue weighted by molar-refractivity contribution is 5.86. The smallest absolute Gasteiger partial charge is 0.329 e. The van der Waals surface area contributed by atoms with Crippen LogP contribution in [0, 0.1) is 11.8 Å². The van der Waals surface area contributed by atoms with Gasteiger partial charge in [0, 0.05) is 14.0 Å². The topological polar surface area (TPSA) is 57.6 Å². The molecule has 1 fully saturated rings. The second-order valence-corrected chi connectivity index (χ2v) is 5.11. The maximum absolute atomic E-state index is 11.5. The van der Waals surface area contributed by atoms with Crippen molar-refractivity contribution in [3.63, 3.8) is 0 Å². The van der Waals surface area contributed by atoms with Crippen LogP contribution >= 0.6 is 0 Å². The van der Waals surface area contributed by atoms with Crippen LogP contribution in [0.25, 0.3) is 0 Å². The van der Waals surface area contributed by atoms with E-state index in [-0.39, 0.29) is 5.91 Å². The summed E-state index contributed by atoms with van der Waals surface area (Å²) >= 11 is 0. The first-order valence-corrected chi connectivity index (χ1v) is 5.79. The van der Waals surface area contributed by atoms with Crippen molar-refractivity contribution in [1.82, 2.24) is 4.90 Å². The Morgan fingerprint density at radius 3 is 2.25 bits per heavy atom. The first-order chi connectivity index (χ1) is 7.31. The van der Waals surface area contributed by atoms with Crippen molar-refractivity contribution in [2.45, 2.75) is 45.6 Å². The molecule has 0 aromatic heterocycles. The Bertz CT molecular complexity index is 303. The van der Waals surface area contributed by atoms with Crippen LogP contribution in [-0.4, -0.2) is 34.5 Å². The van der Waals surface area contributed by atoms with E-state index < -0.39 is 11.5 Å². The molecule has 1 aliphatic carbocycles. The molecular formula is C12H21NO3. The summed E-state index contributed by atoms with van der Waals surface area (Å²) in [6, 6.07) is 0. The molecule has 4 heteroatoms. The molecule has 4 nitrogen and oxygen atoms in total. The van der Waals surface area contributed by atoms with Crippen molar-refractivity contribution in [3.05, 3.63) is 0 Å². The lowest BCUT2D eigenvalue weighted by Crippen LogP contribution is -2.57. The predicted octanol–water partition coefficient (Wildman–Crippen LogP) is 1.74. The summed E-state index contributed by atoms with van der Waals surface area (Å²) in [7, 11) is 1.60. The second kappa shape index (κ2) is 4.44. The van der Waals surface area contributed by atoms with Crippen LogP contribution in [0.5, 0.6) is 0 Å². The number of nitrogens with zero attached hydrogens (tertiary/aromatic N) is 1. The van der Waals surface area contributed by atoms with Crippen molar-refractivity contribution < 1.29 is 14.7 Å². The molecule has 0 heterocycles. The minimum Gasteiger partial charge on any atom is -0.479 e. The van der Waals surface area contributed by atoms with Gasteiger partial charge in [-0.05, 0) is 31.1 Å². The van der Waals surface area contributed by atoms with Crippen molar-refractivity contribution in [2.75, 3.05) is 7.05 Å². The fourth-order valence-electron chi connectivity index (χ4n) is 2.53. The van der Waals surface area contributed by atoms with Crippen molar-refractivity contribution >= 4 is 11.9 Å². The molecule has 1 amide bonds. The van der Waals surface area contributed by atoms with E-state index in [1.165, 1.54) is 11.8 Å². The third-order valence-electron chi connectivity index (χ3n) is 4.16. The molecule has 0 saturated heterocycles. The number of rotatable bonds is 2. The van der Waals surface area contributed by atoms with Crippen LogP contribution in [0.2, 0.25) is 0 Å². The average molecular weight is 227 g/mol. The predicted molar refractivity (Wildman–Crippen MR) is 61.0 cm³/mol. The summed E-state index contributed by atoms with van der Waals surface area (Å²) in [6.07, 6.45) is 1.98. The number of amides is 1. The number of carboxylic acid groups (broad SMARTS) is 1. The largest absolute Gasteiger partial charge is 0.479 e. The van der Waals surface area contributed by atoms with Crippen LogP contribution in [0.3, 0.4) is 0 Å². The summed E-state index contributed by atoms with van der Waals surface area (Å²) in [4.78, 5) is 24.3. The number of aliphatic carboxylic acids is 1. The highest BCUT2D eigenvalue weighted by Gasteiger charge is 2.48. The van der Waals surface area contributed by atoms with Crippen LogP contribution < -0.4 is 0 Å². The van der Waals surface area contributed by atoms with E-state index in [2.05, 4.69) is 13.8 Å². The number of likely N-dealkylation sites (N-methyl/N-ethyl adjacent to an activating group) is 1. The monoisotopic (exact) mass is 227 g/mol. The molecule has 0 aromatic carbocycles. The second-order valence-electron chi connectivity index (χ2n) is 5.11. The van der Waals surface area contributed by atoms with Gasteiger partial charge in [0.15, 0.2) is 0 Å². The average Bonchev–Trinajstić information content (AvgIpc) is 2.20. The van der Waals surface area contributed by atoms with Gasteiger partial charge in [-0.3, -0.25) is 4.79 Å². The van der Waals surface area contributed by atoms with Gasteiger partial charge in [-0.2, -0.15) is 0 Å². The molecule has 0 aromatic rings. The maximum atomic E-state index is 11.5. The molecule has 0 radical (unpaired) electrons. The van der Waals surface area contributed by atoms with Crippen LogP contribution in [0.4, 0.5) is 0 Å². The number of carbonyl (C=O) groups excluding carboxylic acids is 1. The Labute approximate surface area is 96.6 Å². The van der Waals surface area contributed by atoms with E-state index >= 15 is 0 Å². The lowest BCUT2D eigenvalue weighted by Gasteiger charge is -2.45. The molecule has 92 valence electrons. The van der Waals surface area contributed by atoms with Crippen molar-refractivity contribution in [3.8, 4) is 0 Å². The molecule has 0 spiro atoms. The van der Waals surface area contributed by atoms with Gasteiger partial charge >= 0.3 is 5.97 Å². The van der Waals surface area contributed by atoms with Gasteiger partial charge < -0.3 is 10.0 Å². The summed E-state index contributed by atoms with van der Waals surface area (Å²) in [5, 5.41) is 9.42. The Hall–Kier alpha value is -1.06. The summed E-state index contributed by atoms with van der Waals surface area (Å²) < 4.78 is 0. The van der Waals surface area contributed by atoms with Gasteiger partial charge in [0.2, 0.25) is 5.91 Å². The fourth-order valence-corrected chi connectivity index (χ4v) is 2.53. The van der Waals surface area contributed by atoms with E-state index in [1.807, 2.05) is 0 Å². The molecule has 0 bridgehead atoms. The molecule has 3 unspecified atom stereocenters. The lowest BCUT2D eigenvalue weighted by molar-refractivity contribution is -0.161. The molecule has 1 rings (SSSR count). The quantitative estimate of drug-likeness (QED) is 0.781. The third-order valence-corrected chi connectivity index (χ3v) is 4.16. The molecule has 1 saturated carbocycles. The number of hydrogen-bond donors (Lipinski definition) is 1. The van der Waals surface area contributed by atoms with Crippen LogP contribution in [-0.2, 0) is 9.59 Å². The number of carboxylic acids is 1. The van der Waals surface area contributed by atoms with E-state index in [9.17, 15) is 14.7 Å². The highest BCUT2D eigenvalue weighted by atomic mass is 16.4. The minimum atomic E-state index is -0.988. The van der Waals surface area contributed by atoms with Crippen molar-refractivity contribution in [1.29, 1.82) is 0 Å². The van der Waals surface area contributed by atoms with Gasteiger partial charge in [0.25, 0.3) is 0 Å². The summed E-state index contributed by atoms with van der Waals surface area (Å²) in [5.41, 5.74) is -0.988. The SMILES string of the molecule is CC(=O)N(C)C1(C(=O)O)CCC(C)C(C)C1. The number of carbonyl (C=O) groups is 2. The summed E-state index contributed by atoms with van der Waals surface area (Å²) in [5.74, 6) is -0.174. The Morgan fingerprint density at radius 1 is 1.31 bits per heavy atom. The van der Waals surface area contributed by atoms with Crippen molar-refractivity contribution in [2.24, 2.45) is 11.8 Å². The first-order valence-electron chi connectivity index (χ1n) is 5.79. The minimum absolute atomic E-state index is 0.177. The Morgan fingerprint density at radius 2 is 1.88 bits per heavy atom. The van der Waals surface area contributed by atoms with Gasteiger partial charge in [0.05, 0.1) is 0 Å². The zero-order chi connectivity index (χ0) is 12.5. The zero-order valence-electron chi connectivity index (χ0n) is 10.5. The van der Waals surface area contributed by atoms with Gasteiger partial charge in [-0.15, -0.1) is 0 Å². The zero-order valence-corrected chi connectivity index (χ0v) is 10.5. The standard InChI is InChI=1S/C12H21NO3/c1-8-5-6-12(11(15)16,7-9(8)2)13(4)10(3)14/h8-9H,5-7H2,1-4H3,(H,15,16). The van der Waals surface area contributed by atoms with Crippen LogP contribution in [0.1, 0.15) is 40.0 Å². The molecular weight excluding hydrogens is 206 g/mol. The molecule has 1 N–H and O–H groups in total. The normalized spacial score (nSPS) is 34.5. The maximum Gasteiger partial charge on any atom is 0.329 e. The Kier molecular flexibility index (Phi) is 3.61. The third kappa shape index (κ3) is 2.06. The fraction of sp³-hybridized carbons (Fsp3) is 0.833. The van der Waals surface area contributed by atoms with Gasteiger partial charge in [-0.25, -0.2) is 4.79 Å². The van der Waals surface area contributed by atoms with E-state index in [1.54, 1.807) is 7.05 Å². The molecule has 3 atom stereocenters. The molecule has 0 aliphatic heterocycles.